The molecule has 0 heterocycles. The highest BCUT2D eigenvalue weighted by atomic mass is 79.9. The van der Waals surface area contributed by atoms with Crippen molar-refractivity contribution in [3.05, 3.63) is 58.1 Å². The molecule has 0 aromatic heterocycles. The van der Waals surface area contributed by atoms with Gasteiger partial charge in [0.05, 0.1) is 16.9 Å². The zero-order valence-corrected chi connectivity index (χ0v) is 12.1. The predicted molar refractivity (Wildman–Crippen MR) is 78.0 cm³/mol. The molecule has 104 valence electrons. The summed E-state index contributed by atoms with van der Waals surface area (Å²) in [6.07, 6.45) is 0. The highest BCUT2D eigenvalue weighted by molar-refractivity contribution is 9.10. The van der Waals surface area contributed by atoms with Crippen molar-refractivity contribution in [2.24, 2.45) is 0 Å². The second-order valence-electron chi connectivity index (χ2n) is 3.99. The van der Waals surface area contributed by atoms with Gasteiger partial charge in [-0.05, 0) is 30.3 Å². The van der Waals surface area contributed by atoms with Gasteiger partial charge in [0.25, 0.3) is 5.91 Å². The number of carbonyl (C=O) groups excluding carboxylic acids is 1. The maximum absolute atomic E-state index is 13.7. The van der Waals surface area contributed by atoms with Crippen LogP contribution >= 0.6 is 15.9 Å². The molecule has 0 spiro atoms. The number of hydrogen-bond donors (Lipinski definition) is 2. The number of carbonyl (C=O) groups is 1. The SMILES string of the molecule is CNc1c(F)cccc1C(=O)Nc1ccc(Br)cc1F. The molecule has 20 heavy (non-hydrogen) atoms. The molecular formula is C14H11BrF2N2O. The van der Waals surface area contributed by atoms with Crippen LogP contribution in [0.25, 0.3) is 0 Å². The van der Waals surface area contributed by atoms with Crippen molar-refractivity contribution in [1.29, 1.82) is 0 Å². The van der Waals surface area contributed by atoms with E-state index in [4.69, 9.17) is 0 Å². The van der Waals surface area contributed by atoms with E-state index < -0.39 is 17.5 Å². The molecule has 0 aliphatic heterocycles. The highest BCUT2D eigenvalue weighted by Crippen LogP contribution is 2.23. The lowest BCUT2D eigenvalue weighted by atomic mass is 10.1. The topological polar surface area (TPSA) is 41.1 Å². The van der Waals surface area contributed by atoms with E-state index in [-0.39, 0.29) is 16.9 Å². The molecule has 3 nitrogen and oxygen atoms in total. The number of amides is 1. The monoisotopic (exact) mass is 340 g/mol. The van der Waals surface area contributed by atoms with Crippen molar-refractivity contribution in [3.8, 4) is 0 Å². The molecule has 0 fully saturated rings. The zero-order valence-electron chi connectivity index (χ0n) is 10.5. The quantitative estimate of drug-likeness (QED) is 0.885. The number of benzene rings is 2. The van der Waals surface area contributed by atoms with Crippen LogP contribution in [0.5, 0.6) is 0 Å². The molecule has 0 atom stereocenters. The van der Waals surface area contributed by atoms with E-state index in [2.05, 4.69) is 26.6 Å². The molecule has 2 N–H and O–H groups in total. The van der Waals surface area contributed by atoms with Gasteiger partial charge in [-0.15, -0.1) is 0 Å². The lowest BCUT2D eigenvalue weighted by Crippen LogP contribution is -2.15. The van der Waals surface area contributed by atoms with Crippen LogP contribution in [0.1, 0.15) is 10.4 Å². The van der Waals surface area contributed by atoms with E-state index >= 15 is 0 Å². The maximum Gasteiger partial charge on any atom is 0.257 e. The van der Waals surface area contributed by atoms with Crippen LogP contribution < -0.4 is 10.6 Å². The summed E-state index contributed by atoms with van der Waals surface area (Å²) in [4.78, 5) is 12.1. The molecule has 0 bridgehead atoms. The van der Waals surface area contributed by atoms with Crippen LogP contribution in [0.2, 0.25) is 0 Å². The predicted octanol–water partition coefficient (Wildman–Crippen LogP) is 4.02. The minimum atomic E-state index is -0.588. The van der Waals surface area contributed by atoms with Crippen LogP contribution in [0.15, 0.2) is 40.9 Å². The van der Waals surface area contributed by atoms with Crippen molar-refractivity contribution in [3.63, 3.8) is 0 Å². The molecular weight excluding hydrogens is 330 g/mol. The van der Waals surface area contributed by atoms with Crippen LogP contribution in [0, 0.1) is 11.6 Å². The minimum Gasteiger partial charge on any atom is -0.385 e. The smallest absolute Gasteiger partial charge is 0.257 e. The Labute approximate surface area is 123 Å². The average molecular weight is 341 g/mol. The fraction of sp³-hybridized carbons (Fsp3) is 0.0714. The summed E-state index contributed by atoms with van der Waals surface area (Å²) < 4.78 is 27.8. The Balaban J connectivity index is 2.31. The van der Waals surface area contributed by atoms with Crippen LogP contribution in [-0.4, -0.2) is 13.0 Å². The lowest BCUT2D eigenvalue weighted by Gasteiger charge is -2.11. The van der Waals surface area contributed by atoms with Gasteiger partial charge in [0, 0.05) is 11.5 Å². The number of hydrogen-bond acceptors (Lipinski definition) is 2. The minimum absolute atomic E-state index is 0.0320. The molecule has 0 unspecified atom stereocenters. The van der Waals surface area contributed by atoms with Crippen molar-refractivity contribution >= 4 is 33.2 Å². The van der Waals surface area contributed by atoms with E-state index in [1.165, 1.54) is 37.4 Å². The first kappa shape index (κ1) is 14.5. The van der Waals surface area contributed by atoms with E-state index in [1.807, 2.05) is 0 Å². The van der Waals surface area contributed by atoms with Gasteiger partial charge in [0.1, 0.15) is 11.6 Å². The van der Waals surface area contributed by atoms with Crippen molar-refractivity contribution < 1.29 is 13.6 Å². The normalized spacial score (nSPS) is 10.2. The fourth-order valence-electron chi connectivity index (χ4n) is 1.75. The van der Waals surface area contributed by atoms with Crippen LogP contribution in [0.4, 0.5) is 20.2 Å². The van der Waals surface area contributed by atoms with E-state index in [1.54, 1.807) is 6.07 Å². The molecule has 0 aliphatic carbocycles. The first-order chi connectivity index (χ1) is 9.52. The average Bonchev–Trinajstić information content (AvgIpc) is 2.41. The molecule has 2 aromatic carbocycles. The van der Waals surface area contributed by atoms with E-state index in [9.17, 15) is 13.6 Å². The van der Waals surface area contributed by atoms with Crippen LogP contribution in [-0.2, 0) is 0 Å². The Morgan fingerprint density at radius 2 is 1.90 bits per heavy atom. The number of nitrogens with one attached hydrogen (secondary N) is 2. The van der Waals surface area contributed by atoms with Gasteiger partial charge >= 0.3 is 0 Å². The third kappa shape index (κ3) is 2.96. The molecule has 0 radical (unpaired) electrons. The van der Waals surface area contributed by atoms with E-state index in [0.717, 1.165) is 0 Å². The lowest BCUT2D eigenvalue weighted by molar-refractivity contribution is 0.102. The largest absolute Gasteiger partial charge is 0.385 e. The summed E-state index contributed by atoms with van der Waals surface area (Å²) in [7, 11) is 1.51. The van der Waals surface area contributed by atoms with Gasteiger partial charge in [-0.3, -0.25) is 4.79 Å². The maximum atomic E-state index is 13.7. The standard InChI is InChI=1S/C14H11BrF2N2O/c1-18-13-9(3-2-4-10(13)16)14(20)19-12-6-5-8(15)7-11(12)17/h2-7,18H,1H3,(H,19,20). The Morgan fingerprint density at radius 1 is 1.15 bits per heavy atom. The Morgan fingerprint density at radius 3 is 2.55 bits per heavy atom. The summed E-state index contributed by atoms with van der Waals surface area (Å²) in [5.74, 6) is -1.71. The van der Waals surface area contributed by atoms with Gasteiger partial charge in [0.2, 0.25) is 0 Å². The van der Waals surface area contributed by atoms with Crippen molar-refractivity contribution in [1.82, 2.24) is 0 Å². The summed E-state index contributed by atoms with van der Waals surface area (Å²) in [5.41, 5.74) is 0.210. The number of rotatable bonds is 3. The summed E-state index contributed by atoms with van der Waals surface area (Å²) in [6.45, 7) is 0. The summed E-state index contributed by atoms with van der Waals surface area (Å²) in [5, 5.41) is 5.03. The van der Waals surface area contributed by atoms with Gasteiger partial charge in [0.15, 0.2) is 0 Å². The summed E-state index contributed by atoms with van der Waals surface area (Å²) >= 11 is 3.13. The van der Waals surface area contributed by atoms with Crippen molar-refractivity contribution in [2.45, 2.75) is 0 Å². The molecule has 2 rings (SSSR count). The Bertz CT molecular complexity index is 662. The molecule has 0 saturated heterocycles. The molecule has 6 heteroatoms. The zero-order chi connectivity index (χ0) is 14.7. The number of halogens is 3. The second kappa shape index (κ2) is 6.00. The summed E-state index contributed by atoms with van der Waals surface area (Å²) in [6, 6.07) is 8.38. The van der Waals surface area contributed by atoms with Gasteiger partial charge in [-0.25, -0.2) is 8.78 Å². The highest BCUT2D eigenvalue weighted by Gasteiger charge is 2.15. The Hall–Kier alpha value is -1.95. The van der Waals surface area contributed by atoms with Crippen molar-refractivity contribution in [2.75, 3.05) is 17.7 Å². The molecule has 0 saturated carbocycles. The first-order valence-corrected chi connectivity index (χ1v) is 6.55. The Kier molecular flexibility index (Phi) is 4.34. The molecule has 1 amide bonds. The number of anilines is 2. The number of para-hydroxylation sites is 1. The third-order valence-corrected chi connectivity index (χ3v) is 3.18. The second-order valence-corrected chi connectivity index (χ2v) is 4.91. The third-order valence-electron chi connectivity index (χ3n) is 2.69. The van der Waals surface area contributed by atoms with Gasteiger partial charge in [-0.2, -0.15) is 0 Å². The van der Waals surface area contributed by atoms with E-state index in [0.29, 0.717) is 4.47 Å². The molecule has 0 aliphatic rings. The molecule has 2 aromatic rings. The first-order valence-electron chi connectivity index (χ1n) is 5.75. The van der Waals surface area contributed by atoms with Crippen LogP contribution in [0.3, 0.4) is 0 Å². The fourth-order valence-corrected chi connectivity index (χ4v) is 2.08. The van der Waals surface area contributed by atoms with Gasteiger partial charge < -0.3 is 10.6 Å². The van der Waals surface area contributed by atoms with Gasteiger partial charge in [-0.1, -0.05) is 22.0 Å².